The molecule has 0 spiro atoms. The molecule has 0 unspecified atom stereocenters. The van der Waals surface area contributed by atoms with Crippen molar-refractivity contribution in [2.75, 3.05) is 12.4 Å². The van der Waals surface area contributed by atoms with Crippen molar-refractivity contribution < 1.29 is 27.6 Å². The van der Waals surface area contributed by atoms with Crippen LogP contribution in [0, 0.1) is 15.5 Å². The summed E-state index contributed by atoms with van der Waals surface area (Å²) in [5, 5.41) is 24.3. The van der Waals surface area contributed by atoms with Gasteiger partial charge in [0.15, 0.2) is 17.3 Å². The van der Waals surface area contributed by atoms with Crippen LogP contribution in [0.15, 0.2) is 58.1 Å². The fraction of sp³-hybridized carbons (Fsp3) is 0.217. The predicted octanol–water partition coefficient (Wildman–Crippen LogP) is 3.58. The number of carbonyl (C=O) groups excluding carboxylic acids is 1. The van der Waals surface area contributed by atoms with Gasteiger partial charge in [0.25, 0.3) is 11.6 Å². The Morgan fingerprint density at radius 1 is 1.14 bits per heavy atom. The molecule has 192 valence electrons. The van der Waals surface area contributed by atoms with Crippen molar-refractivity contribution in [1.82, 2.24) is 5.01 Å². The maximum atomic E-state index is 12.6. The summed E-state index contributed by atoms with van der Waals surface area (Å²) in [4.78, 5) is 26.9. The Balaban J connectivity index is 1.56. The van der Waals surface area contributed by atoms with E-state index in [-0.39, 0.29) is 39.0 Å². The first-order chi connectivity index (χ1) is 17.6. The predicted molar refractivity (Wildman–Crippen MR) is 140 cm³/mol. The van der Waals surface area contributed by atoms with Gasteiger partial charge < -0.3 is 9.47 Å². The minimum atomic E-state index is -3.62. The van der Waals surface area contributed by atoms with Crippen LogP contribution in [0.4, 0.5) is 5.69 Å². The number of amidine groups is 2. The summed E-state index contributed by atoms with van der Waals surface area (Å²) in [7, 11) is -3.62. The number of non-ortho nitro benzene ring substituents is 1. The fourth-order valence-electron chi connectivity index (χ4n) is 3.27. The number of rotatable bonds is 8. The number of fused-ring (bicyclic) bond motifs is 1. The van der Waals surface area contributed by atoms with E-state index in [1.807, 2.05) is 0 Å². The Kier molecular flexibility index (Phi) is 7.40. The average molecular weight is 544 g/mol. The van der Waals surface area contributed by atoms with Gasteiger partial charge in [0.1, 0.15) is 6.61 Å². The van der Waals surface area contributed by atoms with Crippen molar-refractivity contribution in [1.29, 1.82) is 5.41 Å². The van der Waals surface area contributed by atoms with Gasteiger partial charge >= 0.3 is 0 Å². The minimum absolute atomic E-state index is 0.0168. The van der Waals surface area contributed by atoms with Crippen molar-refractivity contribution in [3.63, 3.8) is 0 Å². The highest BCUT2D eigenvalue weighted by Gasteiger charge is 2.39. The minimum Gasteiger partial charge on any atom is -0.490 e. The van der Waals surface area contributed by atoms with E-state index in [0.29, 0.717) is 23.7 Å². The van der Waals surface area contributed by atoms with E-state index in [0.717, 1.165) is 22.3 Å². The van der Waals surface area contributed by atoms with Crippen LogP contribution in [0.3, 0.4) is 0 Å². The van der Waals surface area contributed by atoms with Gasteiger partial charge in [0, 0.05) is 12.1 Å². The molecule has 0 bridgehead atoms. The molecule has 37 heavy (non-hydrogen) atoms. The van der Waals surface area contributed by atoms with E-state index in [1.165, 1.54) is 25.1 Å². The van der Waals surface area contributed by atoms with Gasteiger partial charge in [-0.3, -0.25) is 20.3 Å². The van der Waals surface area contributed by atoms with Crippen molar-refractivity contribution >= 4 is 54.6 Å². The van der Waals surface area contributed by atoms with Gasteiger partial charge in [0.2, 0.25) is 19.4 Å². The second kappa shape index (κ2) is 10.5. The molecule has 2 aromatic carbocycles. The van der Waals surface area contributed by atoms with E-state index in [9.17, 15) is 23.3 Å². The third-order valence-electron chi connectivity index (χ3n) is 5.20. The number of thioether (sulfide) groups is 1. The maximum Gasteiger partial charge on any atom is 0.283 e. The second-order valence-corrected chi connectivity index (χ2v) is 11.0. The van der Waals surface area contributed by atoms with E-state index in [2.05, 4.69) is 10.1 Å². The molecule has 14 heteroatoms. The van der Waals surface area contributed by atoms with Crippen molar-refractivity contribution in [3.05, 3.63) is 69.3 Å². The third kappa shape index (κ3) is 5.54. The largest absolute Gasteiger partial charge is 0.490 e. The third-order valence-corrected chi connectivity index (χ3v) is 8.29. The van der Waals surface area contributed by atoms with Crippen LogP contribution in [0.25, 0.3) is 6.08 Å². The van der Waals surface area contributed by atoms with Gasteiger partial charge in [0.05, 0.1) is 22.9 Å². The number of nitrogens with zero attached hydrogens (tertiary/aromatic N) is 4. The Morgan fingerprint density at radius 3 is 2.51 bits per heavy atom. The number of hydrazone groups is 1. The lowest BCUT2D eigenvalue weighted by Crippen LogP contribution is -2.35. The smallest absolute Gasteiger partial charge is 0.283 e. The van der Waals surface area contributed by atoms with Crippen LogP contribution in [-0.4, -0.2) is 52.0 Å². The van der Waals surface area contributed by atoms with E-state index < -0.39 is 20.7 Å². The molecule has 2 aliphatic heterocycles. The summed E-state index contributed by atoms with van der Waals surface area (Å²) in [6.45, 7) is 3.76. The molecule has 2 aliphatic rings. The first-order valence-corrected chi connectivity index (χ1v) is 13.5. The first-order valence-electron chi connectivity index (χ1n) is 11.0. The highest BCUT2D eigenvalue weighted by Crippen LogP contribution is 2.33. The van der Waals surface area contributed by atoms with Crippen LogP contribution in [0.1, 0.15) is 25.0 Å². The molecule has 0 saturated carbocycles. The molecule has 4 rings (SSSR count). The highest BCUT2D eigenvalue weighted by atomic mass is 32.3. The number of nitro groups is 1. The standard InChI is InChI=1S/C23H21N5O7S2/c1-3-34-19-12-15(7-10-18(19)35-13-14-5-8-16(9-6-14)28(30)31)11-17-20(24)27-22(25-21(17)29)36-23(26-27)37(32,33)4-2/h5-12,24H,3-4,13H2,1-2H3/b17-11+,24-20?. The number of carbonyl (C=O) groups is 1. The van der Waals surface area contributed by atoms with Crippen molar-refractivity contribution in [3.8, 4) is 11.5 Å². The summed E-state index contributed by atoms with van der Waals surface area (Å²) in [6, 6.07) is 10.9. The van der Waals surface area contributed by atoms with Gasteiger partial charge in [-0.05, 0) is 60.2 Å². The van der Waals surface area contributed by atoms with Crippen LogP contribution >= 0.6 is 11.8 Å². The number of ether oxygens (including phenoxy) is 2. The number of sulfone groups is 1. The molecule has 1 N–H and O–H groups in total. The summed E-state index contributed by atoms with van der Waals surface area (Å²) in [5.74, 6) is -0.333. The molecule has 0 radical (unpaired) electrons. The highest BCUT2D eigenvalue weighted by molar-refractivity contribution is 8.42. The number of nitro benzene ring substituents is 1. The quantitative estimate of drug-likeness (QED) is 0.297. The monoisotopic (exact) mass is 543 g/mol. The molecular weight excluding hydrogens is 522 g/mol. The van der Waals surface area contributed by atoms with E-state index >= 15 is 0 Å². The summed E-state index contributed by atoms with van der Waals surface area (Å²) in [5.41, 5.74) is 1.17. The summed E-state index contributed by atoms with van der Waals surface area (Å²) < 4.78 is 35.6. The Bertz CT molecular complexity index is 1480. The lowest BCUT2D eigenvalue weighted by molar-refractivity contribution is -0.384. The molecule has 2 aromatic rings. The topological polar surface area (TPSA) is 165 Å². The van der Waals surface area contributed by atoms with Crippen LogP contribution in [-0.2, 0) is 21.2 Å². The summed E-state index contributed by atoms with van der Waals surface area (Å²) >= 11 is 0.738. The number of hydrogen-bond acceptors (Lipinski definition) is 10. The molecule has 1 amide bonds. The van der Waals surface area contributed by atoms with E-state index in [1.54, 1.807) is 37.3 Å². The first kappa shape index (κ1) is 26.0. The van der Waals surface area contributed by atoms with Crippen LogP contribution in [0.5, 0.6) is 11.5 Å². The van der Waals surface area contributed by atoms with E-state index in [4.69, 9.17) is 14.9 Å². The summed E-state index contributed by atoms with van der Waals surface area (Å²) in [6.07, 6.45) is 1.44. The Labute approximate surface area is 216 Å². The molecule has 0 aromatic heterocycles. The number of nitrogens with one attached hydrogen (secondary N) is 1. The molecule has 0 fully saturated rings. The maximum absolute atomic E-state index is 12.6. The van der Waals surface area contributed by atoms with Crippen LogP contribution < -0.4 is 9.47 Å². The molecular formula is C23H21N5O7S2. The lowest BCUT2D eigenvalue weighted by Gasteiger charge is -2.20. The van der Waals surface area contributed by atoms with Gasteiger partial charge in [-0.2, -0.15) is 10.0 Å². The second-order valence-electron chi connectivity index (χ2n) is 7.64. The normalized spacial score (nSPS) is 16.4. The number of aliphatic imine (C=N–C) groups is 1. The average Bonchev–Trinajstić information content (AvgIpc) is 3.31. The van der Waals surface area contributed by atoms with Gasteiger partial charge in [-0.15, -0.1) is 5.10 Å². The zero-order valence-corrected chi connectivity index (χ0v) is 21.3. The lowest BCUT2D eigenvalue weighted by atomic mass is 10.1. The molecule has 12 nitrogen and oxygen atoms in total. The number of hydrogen-bond donors (Lipinski definition) is 1. The zero-order valence-electron chi connectivity index (χ0n) is 19.7. The SMILES string of the molecule is CCOc1cc(/C=C2\C(=N)N3N=C(S(=O)(=O)CC)SC3=NC2=O)ccc1OCc1ccc([N+](=O)[O-])cc1. The Hall–Kier alpha value is -4.04. The molecule has 2 heterocycles. The van der Waals surface area contributed by atoms with Crippen molar-refractivity contribution in [2.24, 2.45) is 10.1 Å². The van der Waals surface area contributed by atoms with Crippen molar-refractivity contribution in [2.45, 2.75) is 20.5 Å². The van der Waals surface area contributed by atoms with Gasteiger partial charge in [-0.1, -0.05) is 13.0 Å². The fourth-order valence-corrected chi connectivity index (χ4v) is 5.43. The number of benzene rings is 2. The number of amides is 1. The van der Waals surface area contributed by atoms with Gasteiger partial charge in [-0.25, -0.2) is 8.42 Å². The van der Waals surface area contributed by atoms with Crippen LogP contribution in [0.2, 0.25) is 0 Å². The Morgan fingerprint density at radius 2 is 1.86 bits per heavy atom. The zero-order chi connectivity index (χ0) is 26.7. The molecule has 0 aliphatic carbocycles. The molecule has 0 saturated heterocycles. The molecule has 0 atom stereocenters.